The monoisotopic (exact) mass is 251 g/mol. The van der Waals surface area contributed by atoms with Gasteiger partial charge in [-0.1, -0.05) is 34.3 Å². The number of hydrogen-bond donors (Lipinski definition) is 1. The molecule has 2 rings (SSSR count). The summed E-state index contributed by atoms with van der Waals surface area (Å²) in [5.74, 6) is 1.81. The van der Waals surface area contributed by atoms with Gasteiger partial charge in [0.15, 0.2) is 0 Å². The first-order valence-corrected chi connectivity index (χ1v) is 6.88. The molecule has 2 N–H and O–H groups in total. The molecule has 0 aliphatic carbocycles. The van der Waals surface area contributed by atoms with Crippen LogP contribution in [-0.4, -0.2) is 9.59 Å². The van der Waals surface area contributed by atoms with Crippen LogP contribution in [0.4, 0.5) is 5.00 Å². The first-order chi connectivity index (χ1) is 7.75. The van der Waals surface area contributed by atoms with Crippen LogP contribution in [-0.2, 0) is 11.5 Å². The zero-order valence-corrected chi connectivity index (χ0v) is 10.6. The Morgan fingerprint density at radius 3 is 2.94 bits per heavy atom. The van der Waals surface area contributed by atoms with Gasteiger partial charge in [-0.25, -0.2) is 0 Å². The zero-order chi connectivity index (χ0) is 11.4. The van der Waals surface area contributed by atoms with E-state index in [0.717, 1.165) is 22.2 Å². The Hall–Kier alpha value is -1.07. The van der Waals surface area contributed by atoms with E-state index >= 15 is 0 Å². The molecule has 1 aromatic carbocycles. The number of thioether (sulfide) groups is 1. The summed E-state index contributed by atoms with van der Waals surface area (Å²) < 4.78 is 3.81. The average molecular weight is 251 g/mol. The molecule has 0 aliphatic heterocycles. The summed E-state index contributed by atoms with van der Waals surface area (Å²) >= 11 is 3.07. The third kappa shape index (κ3) is 2.96. The predicted molar refractivity (Wildman–Crippen MR) is 70.5 cm³/mol. The minimum atomic E-state index is 0.733. The van der Waals surface area contributed by atoms with Crippen LogP contribution in [0.5, 0.6) is 0 Å². The Morgan fingerprint density at radius 1 is 1.38 bits per heavy atom. The van der Waals surface area contributed by atoms with E-state index in [1.807, 2.05) is 11.8 Å². The van der Waals surface area contributed by atoms with Crippen molar-refractivity contribution in [1.82, 2.24) is 9.59 Å². The lowest BCUT2D eigenvalue weighted by atomic mass is 10.2. The largest absolute Gasteiger partial charge is 0.388 e. The average Bonchev–Trinajstić information content (AvgIpc) is 2.65. The third-order valence-corrected chi connectivity index (χ3v) is 3.79. The number of aromatic nitrogens is 2. The summed E-state index contributed by atoms with van der Waals surface area (Å²) in [7, 11) is 0. The number of nitrogens with zero attached hydrogens (tertiary/aromatic N) is 2. The fourth-order valence-corrected chi connectivity index (χ4v) is 2.84. The Labute approximate surface area is 103 Å². The second kappa shape index (κ2) is 5.32. The highest BCUT2D eigenvalue weighted by atomic mass is 32.2. The lowest BCUT2D eigenvalue weighted by molar-refractivity contribution is 1.08. The van der Waals surface area contributed by atoms with Gasteiger partial charge in [-0.2, -0.15) is 11.8 Å². The van der Waals surface area contributed by atoms with Gasteiger partial charge >= 0.3 is 0 Å². The molecule has 0 atom stereocenters. The highest BCUT2D eigenvalue weighted by molar-refractivity contribution is 7.97. The molecule has 0 saturated carbocycles. The van der Waals surface area contributed by atoms with Crippen LogP contribution < -0.4 is 5.73 Å². The van der Waals surface area contributed by atoms with Gasteiger partial charge in [0.25, 0.3) is 0 Å². The molecule has 0 fully saturated rings. The summed E-state index contributed by atoms with van der Waals surface area (Å²) in [6.45, 7) is 2.11. The molecule has 0 amide bonds. The minimum Gasteiger partial charge on any atom is -0.388 e. The molecule has 0 radical (unpaired) electrons. The molecule has 0 bridgehead atoms. The number of aryl methyl sites for hydroxylation is 1. The van der Waals surface area contributed by atoms with Crippen LogP contribution in [0, 0.1) is 6.92 Å². The van der Waals surface area contributed by atoms with Crippen molar-refractivity contribution in [3.05, 3.63) is 41.1 Å². The van der Waals surface area contributed by atoms with Crippen molar-refractivity contribution in [1.29, 1.82) is 0 Å². The summed E-state index contributed by atoms with van der Waals surface area (Å²) in [5, 5.41) is 4.72. The van der Waals surface area contributed by atoms with E-state index in [0.29, 0.717) is 0 Å². The molecular formula is C11H13N3S2. The molecule has 84 valence electrons. The second-order valence-electron chi connectivity index (χ2n) is 3.57. The van der Waals surface area contributed by atoms with Crippen LogP contribution in [0.1, 0.15) is 16.8 Å². The standard InChI is InChI=1S/C11H13N3S2/c1-8-3-2-4-9(5-8)6-15-7-10-11(12)16-14-13-10/h2-5H,6-7,12H2,1H3. The number of nitrogens with two attached hydrogens (primary N) is 1. The van der Waals surface area contributed by atoms with Gasteiger partial charge in [-0.3, -0.25) is 0 Å². The Balaban J connectivity index is 1.87. The van der Waals surface area contributed by atoms with E-state index in [4.69, 9.17) is 5.73 Å². The van der Waals surface area contributed by atoms with Gasteiger partial charge in [0.1, 0.15) is 10.7 Å². The highest BCUT2D eigenvalue weighted by Gasteiger charge is 2.03. The second-order valence-corrected chi connectivity index (χ2v) is 5.34. The summed E-state index contributed by atoms with van der Waals surface area (Å²) in [6, 6.07) is 8.54. The van der Waals surface area contributed by atoms with Crippen molar-refractivity contribution in [2.45, 2.75) is 18.4 Å². The zero-order valence-electron chi connectivity index (χ0n) is 9.01. The number of anilines is 1. The van der Waals surface area contributed by atoms with Crippen molar-refractivity contribution in [3.63, 3.8) is 0 Å². The molecule has 3 nitrogen and oxygen atoms in total. The van der Waals surface area contributed by atoms with Gasteiger partial charge in [0, 0.05) is 23.0 Å². The maximum atomic E-state index is 5.72. The highest BCUT2D eigenvalue weighted by Crippen LogP contribution is 2.22. The maximum absolute atomic E-state index is 5.72. The van der Waals surface area contributed by atoms with Crippen LogP contribution in [0.25, 0.3) is 0 Å². The number of benzene rings is 1. The Bertz CT molecular complexity index is 468. The van der Waals surface area contributed by atoms with Crippen molar-refractivity contribution in [2.75, 3.05) is 5.73 Å². The van der Waals surface area contributed by atoms with Crippen molar-refractivity contribution in [2.24, 2.45) is 0 Å². The molecular weight excluding hydrogens is 238 g/mol. The first-order valence-electron chi connectivity index (χ1n) is 4.95. The van der Waals surface area contributed by atoms with Crippen LogP contribution in [0.3, 0.4) is 0 Å². The molecule has 0 unspecified atom stereocenters. The molecule has 5 heteroatoms. The lowest BCUT2D eigenvalue weighted by Gasteiger charge is -2.01. The smallest absolute Gasteiger partial charge is 0.131 e. The van der Waals surface area contributed by atoms with E-state index in [1.165, 1.54) is 22.7 Å². The van der Waals surface area contributed by atoms with Gasteiger partial charge < -0.3 is 5.73 Å². The summed E-state index contributed by atoms with van der Waals surface area (Å²) in [6.07, 6.45) is 0. The quantitative estimate of drug-likeness (QED) is 0.908. The van der Waals surface area contributed by atoms with Crippen LogP contribution in [0.2, 0.25) is 0 Å². The molecule has 0 spiro atoms. The van der Waals surface area contributed by atoms with Crippen molar-refractivity contribution in [3.8, 4) is 0 Å². The fraction of sp³-hybridized carbons (Fsp3) is 0.273. The van der Waals surface area contributed by atoms with Gasteiger partial charge in [-0.15, -0.1) is 5.10 Å². The third-order valence-electron chi connectivity index (χ3n) is 2.18. The topological polar surface area (TPSA) is 51.8 Å². The number of rotatable bonds is 4. The van der Waals surface area contributed by atoms with E-state index < -0.39 is 0 Å². The predicted octanol–water partition coefficient (Wildman–Crippen LogP) is 2.86. The molecule has 1 aromatic heterocycles. The molecule has 2 aromatic rings. The summed E-state index contributed by atoms with van der Waals surface area (Å²) in [4.78, 5) is 0. The lowest BCUT2D eigenvalue weighted by Crippen LogP contribution is -1.90. The van der Waals surface area contributed by atoms with Crippen LogP contribution in [0.15, 0.2) is 24.3 Å². The van der Waals surface area contributed by atoms with Crippen LogP contribution >= 0.6 is 23.3 Å². The number of nitrogen functional groups attached to an aromatic ring is 1. The Morgan fingerprint density at radius 2 is 2.25 bits per heavy atom. The number of hydrogen-bond acceptors (Lipinski definition) is 5. The van der Waals surface area contributed by atoms with E-state index in [-0.39, 0.29) is 0 Å². The van der Waals surface area contributed by atoms with E-state index in [1.54, 1.807) is 0 Å². The molecule has 1 heterocycles. The minimum absolute atomic E-state index is 0.733. The molecule has 0 aliphatic rings. The van der Waals surface area contributed by atoms with Gasteiger partial charge in [-0.05, 0) is 12.5 Å². The van der Waals surface area contributed by atoms with Crippen molar-refractivity contribution < 1.29 is 0 Å². The molecule has 0 saturated heterocycles. The SMILES string of the molecule is Cc1cccc(CSCc2nnsc2N)c1. The molecule has 16 heavy (non-hydrogen) atoms. The van der Waals surface area contributed by atoms with Crippen molar-refractivity contribution >= 4 is 28.3 Å². The fourth-order valence-electron chi connectivity index (χ4n) is 1.38. The van der Waals surface area contributed by atoms with Gasteiger partial charge in [0.05, 0.1) is 0 Å². The first kappa shape index (κ1) is 11.4. The Kier molecular flexibility index (Phi) is 3.79. The normalized spacial score (nSPS) is 10.6. The van der Waals surface area contributed by atoms with E-state index in [2.05, 4.69) is 40.8 Å². The van der Waals surface area contributed by atoms with E-state index in [9.17, 15) is 0 Å². The summed E-state index contributed by atoms with van der Waals surface area (Å²) in [5.41, 5.74) is 9.27. The van der Waals surface area contributed by atoms with Gasteiger partial charge in [0.2, 0.25) is 0 Å². The maximum Gasteiger partial charge on any atom is 0.131 e.